The largest absolute Gasteiger partial charge is 0.489 e. The lowest BCUT2D eigenvalue weighted by atomic mass is 10.1. The zero-order valence-corrected chi connectivity index (χ0v) is 11.5. The molecule has 0 aliphatic heterocycles. The molecule has 0 heterocycles. The molecule has 0 bridgehead atoms. The lowest BCUT2D eigenvalue weighted by molar-refractivity contribution is -0.384. The quantitative estimate of drug-likeness (QED) is 0.691. The third-order valence-electron chi connectivity index (χ3n) is 3.77. The molecule has 3 rings (SSSR count). The molecule has 0 saturated heterocycles. The summed E-state index contributed by atoms with van der Waals surface area (Å²) < 4.78 is 5.72. The highest BCUT2D eigenvalue weighted by Gasteiger charge is 2.19. The van der Waals surface area contributed by atoms with Crippen molar-refractivity contribution in [1.82, 2.24) is 0 Å². The minimum atomic E-state index is -0.402. The predicted octanol–water partition coefficient (Wildman–Crippen LogP) is 3.12. The Morgan fingerprint density at radius 3 is 2.95 bits per heavy atom. The van der Waals surface area contributed by atoms with Gasteiger partial charge in [0, 0.05) is 18.2 Å². The van der Waals surface area contributed by atoms with Gasteiger partial charge in [-0.25, -0.2) is 0 Å². The minimum Gasteiger partial charge on any atom is -0.489 e. The van der Waals surface area contributed by atoms with Crippen LogP contribution in [0.5, 0.6) is 5.75 Å². The van der Waals surface area contributed by atoms with Gasteiger partial charge in [0.1, 0.15) is 12.4 Å². The Balaban J connectivity index is 1.71. The van der Waals surface area contributed by atoms with Crippen molar-refractivity contribution in [2.75, 3.05) is 0 Å². The Hall–Kier alpha value is -2.40. The number of non-ortho nitro benzene ring substituents is 1. The fourth-order valence-electron chi connectivity index (χ4n) is 2.64. The minimum absolute atomic E-state index is 0.0797. The van der Waals surface area contributed by atoms with Crippen LogP contribution >= 0.6 is 0 Å². The molecule has 2 aromatic carbocycles. The molecular weight excluding hydrogens is 268 g/mol. The van der Waals surface area contributed by atoms with Crippen molar-refractivity contribution in [3.63, 3.8) is 0 Å². The molecule has 108 valence electrons. The SMILES string of the molecule is NC1CCc2cc(OCc3cccc([N+](=O)[O-])c3)ccc21. The zero-order chi connectivity index (χ0) is 14.8. The molecule has 0 aromatic heterocycles. The molecule has 0 spiro atoms. The average Bonchev–Trinajstić information content (AvgIpc) is 2.86. The molecule has 0 saturated carbocycles. The summed E-state index contributed by atoms with van der Waals surface area (Å²) in [6.07, 6.45) is 1.95. The first-order valence-electron chi connectivity index (χ1n) is 6.88. The summed E-state index contributed by atoms with van der Waals surface area (Å²) in [5, 5.41) is 10.7. The average molecular weight is 284 g/mol. The second kappa shape index (κ2) is 5.54. The van der Waals surface area contributed by atoms with Gasteiger partial charge in [0.25, 0.3) is 5.69 Å². The fourth-order valence-corrected chi connectivity index (χ4v) is 2.64. The van der Waals surface area contributed by atoms with Crippen LogP contribution in [-0.2, 0) is 13.0 Å². The number of benzene rings is 2. The topological polar surface area (TPSA) is 78.4 Å². The first-order valence-corrected chi connectivity index (χ1v) is 6.88. The van der Waals surface area contributed by atoms with Crippen molar-refractivity contribution in [3.8, 4) is 5.75 Å². The van der Waals surface area contributed by atoms with E-state index in [1.54, 1.807) is 6.07 Å². The molecule has 1 unspecified atom stereocenters. The smallest absolute Gasteiger partial charge is 0.269 e. The standard InChI is InChI=1S/C16H16N2O3/c17-16-7-4-12-9-14(5-6-15(12)16)21-10-11-2-1-3-13(8-11)18(19)20/h1-3,5-6,8-9,16H,4,7,10,17H2. The number of aryl methyl sites for hydroxylation is 1. The van der Waals surface area contributed by atoms with Gasteiger partial charge >= 0.3 is 0 Å². The van der Waals surface area contributed by atoms with E-state index in [1.165, 1.54) is 23.3 Å². The van der Waals surface area contributed by atoms with Gasteiger partial charge in [-0.15, -0.1) is 0 Å². The Morgan fingerprint density at radius 1 is 1.29 bits per heavy atom. The van der Waals surface area contributed by atoms with E-state index in [0.29, 0.717) is 6.61 Å². The highest BCUT2D eigenvalue weighted by Crippen LogP contribution is 2.32. The van der Waals surface area contributed by atoms with Gasteiger partial charge in [0.2, 0.25) is 0 Å². The van der Waals surface area contributed by atoms with Crippen molar-refractivity contribution >= 4 is 5.69 Å². The number of nitro benzene ring substituents is 1. The Morgan fingerprint density at radius 2 is 2.14 bits per heavy atom. The number of hydrogen-bond acceptors (Lipinski definition) is 4. The number of rotatable bonds is 4. The summed E-state index contributed by atoms with van der Waals surface area (Å²) in [7, 11) is 0. The zero-order valence-electron chi connectivity index (χ0n) is 11.5. The van der Waals surface area contributed by atoms with E-state index in [0.717, 1.165) is 24.2 Å². The molecule has 0 radical (unpaired) electrons. The Bertz CT molecular complexity index is 685. The van der Waals surface area contributed by atoms with Crippen LogP contribution in [0.4, 0.5) is 5.69 Å². The Labute approximate surface area is 122 Å². The maximum atomic E-state index is 10.7. The lowest BCUT2D eigenvalue weighted by Crippen LogP contribution is -2.05. The highest BCUT2D eigenvalue weighted by molar-refractivity contribution is 5.41. The van der Waals surface area contributed by atoms with E-state index < -0.39 is 4.92 Å². The summed E-state index contributed by atoms with van der Waals surface area (Å²) in [4.78, 5) is 10.3. The monoisotopic (exact) mass is 284 g/mol. The summed E-state index contributed by atoms with van der Waals surface area (Å²) in [5.41, 5.74) is 9.29. The summed E-state index contributed by atoms with van der Waals surface area (Å²) >= 11 is 0. The molecule has 0 amide bonds. The third kappa shape index (κ3) is 2.87. The number of ether oxygens (including phenoxy) is 1. The number of hydrogen-bond donors (Lipinski definition) is 1. The first-order chi connectivity index (χ1) is 10.1. The number of nitrogens with zero attached hydrogens (tertiary/aromatic N) is 1. The molecule has 0 fully saturated rings. The van der Waals surface area contributed by atoms with E-state index >= 15 is 0 Å². The van der Waals surface area contributed by atoms with Crippen LogP contribution in [0.15, 0.2) is 42.5 Å². The van der Waals surface area contributed by atoms with Crippen LogP contribution in [0.2, 0.25) is 0 Å². The fraction of sp³-hybridized carbons (Fsp3) is 0.250. The summed E-state index contributed by atoms with van der Waals surface area (Å²) in [5.74, 6) is 0.773. The molecule has 1 aliphatic carbocycles. The van der Waals surface area contributed by atoms with Crippen LogP contribution in [0, 0.1) is 10.1 Å². The Kier molecular flexibility index (Phi) is 3.58. The molecule has 1 aliphatic rings. The van der Waals surface area contributed by atoms with E-state index in [-0.39, 0.29) is 11.7 Å². The molecule has 2 aromatic rings. The van der Waals surface area contributed by atoms with Gasteiger partial charge in [-0.3, -0.25) is 10.1 Å². The number of nitrogens with two attached hydrogens (primary N) is 1. The van der Waals surface area contributed by atoms with E-state index in [1.807, 2.05) is 24.3 Å². The maximum absolute atomic E-state index is 10.7. The normalized spacial score (nSPS) is 16.5. The number of nitro groups is 1. The number of fused-ring (bicyclic) bond motifs is 1. The molecule has 5 heteroatoms. The highest BCUT2D eigenvalue weighted by atomic mass is 16.6. The van der Waals surface area contributed by atoms with E-state index in [4.69, 9.17) is 10.5 Å². The molecule has 21 heavy (non-hydrogen) atoms. The molecule has 1 atom stereocenters. The van der Waals surface area contributed by atoms with Crippen molar-refractivity contribution in [2.45, 2.75) is 25.5 Å². The second-order valence-electron chi connectivity index (χ2n) is 5.22. The summed E-state index contributed by atoms with van der Waals surface area (Å²) in [6.45, 7) is 0.312. The van der Waals surface area contributed by atoms with E-state index in [2.05, 4.69) is 0 Å². The van der Waals surface area contributed by atoms with E-state index in [9.17, 15) is 10.1 Å². The van der Waals surface area contributed by atoms with Crippen LogP contribution < -0.4 is 10.5 Å². The summed E-state index contributed by atoms with van der Waals surface area (Å²) in [6, 6.07) is 12.5. The van der Waals surface area contributed by atoms with Gasteiger partial charge in [0.05, 0.1) is 4.92 Å². The van der Waals surface area contributed by atoms with Crippen molar-refractivity contribution in [2.24, 2.45) is 5.73 Å². The van der Waals surface area contributed by atoms with Gasteiger partial charge in [-0.2, -0.15) is 0 Å². The third-order valence-corrected chi connectivity index (χ3v) is 3.77. The molecule has 2 N–H and O–H groups in total. The van der Waals surface area contributed by atoms with Crippen LogP contribution in [-0.4, -0.2) is 4.92 Å². The van der Waals surface area contributed by atoms with Crippen LogP contribution in [0.25, 0.3) is 0 Å². The molecule has 5 nitrogen and oxygen atoms in total. The van der Waals surface area contributed by atoms with Gasteiger partial charge < -0.3 is 10.5 Å². The molecular formula is C16H16N2O3. The first kappa shape index (κ1) is 13.6. The maximum Gasteiger partial charge on any atom is 0.269 e. The second-order valence-corrected chi connectivity index (χ2v) is 5.22. The van der Waals surface area contributed by atoms with Crippen LogP contribution in [0.3, 0.4) is 0 Å². The van der Waals surface area contributed by atoms with Crippen molar-refractivity contribution in [3.05, 3.63) is 69.3 Å². The van der Waals surface area contributed by atoms with Gasteiger partial charge in [-0.05, 0) is 41.7 Å². The lowest BCUT2D eigenvalue weighted by Gasteiger charge is -2.09. The van der Waals surface area contributed by atoms with Crippen molar-refractivity contribution in [1.29, 1.82) is 0 Å². The van der Waals surface area contributed by atoms with Crippen LogP contribution in [0.1, 0.15) is 29.2 Å². The predicted molar refractivity (Wildman–Crippen MR) is 79.1 cm³/mol. The van der Waals surface area contributed by atoms with Crippen molar-refractivity contribution < 1.29 is 9.66 Å². The van der Waals surface area contributed by atoms with Gasteiger partial charge in [0.15, 0.2) is 0 Å². The van der Waals surface area contributed by atoms with Gasteiger partial charge in [-0.1, -0.05) is 18.2 Å².